The molecule has 0 amide bonds. The summed E-state index contributed by atoms with van der Waals surface area (Å²) in [5.41, 5.74) is 0. The second-order valence-corrected chi connectivity index (χ2v) is 1.47. The number of hydrogen-bond acceptors (Lipinski definition) is 1. The quantitative estimate of drug-likeness (QED) is 0.185. The van der Waals surface area contributed by atoms with Crippen LogP contribution in [0.1, 0.15) is 6.92 Å². The normalized spacial score (nSPS) is 6.86. The van der Waals surface area contributed by atoms with Crippen molar-refractivity contribution >= 4 is 6.29 Å². The summed E-state index contributed by atoms with van der Waals surface area (Å²) < 4.78 is 37.5. The molecule has 0 aromatic heterocycles. The Morgan fingerprint density at radius 1 is 0.727 bits per heavy atom. The van der Waals surface area contributed by atoms with Crippen molar-refractivity contribution < 1.29 is 65.9 Å². The van der Waals surface area contributed by atoms with Gasteiger partial charge in [0.1, 0.15) is 0 Å². The van der Waals surface area contributed by atoms with E-state index >= 15 is 0 Å². The van der Waals surface area contributed by atoms with Crippen LogP contribution in [0.3, 0.4) is 0 Å². The maximum atomic E-state index is 9.23. The monoisotopic (exact) mass is 430 g/mol. The molecule has 0 atom stereocenters. The first-order chi connectivity index (χ1) is 9.91. The van der Waals surface area contributed by atoms with Gasteiger partial charge in [0.25, 0.3) is 0 Å². The fourth-order valence-electron chi connectivity index (χ4n) is 0.380. The number of carbonyl (C=O) groups is 1. The zero-order valence-electron chi connectivity index (χ0n) is 11.2. The summed E-state index contributed by atoms with van der Waals surface area (Å²) in [5.74, 6) is 4.58. The Balaban J connectivity index is -0.0000000182. The van der Waals surface area contributed by atoms with Crippen LogP contribution in [0.2, 0.25) is 0 Å². The molecular formula is C14H9CoMoO6. The van der Waals surface area contributed by atoms with Crippen molar-refractivity contribution in [3.63, 3.8) is 0 Å². The Labute approximate surface area is 156 Å². The van der Waals surface area contributed by atoms with Gasteiger partial charge in [0, 0.05) is 37.8 Å². The Morgan fingerprint density at radius 3 is 0.955 bits per heavy atom. The molecule has 0 N–H and O–H groups in total. The Morgan fingerprint density at radius 2 is 0.909 bits per heavy atom. The van der Waals surface area contributed by atoms with Gasteiger partial charge in [0.2, 0.25) is 0 Å². The van der Waals surface area contributed by atoms with E-state index in [1.165, 1.54) is 0 Å². The fourth-order valence-corrected chi connectivity index (χ4v) is 0.380. The molecule has 116 valence electrons. The second kappa shape index (κ2) is 145. The second-order valence-electron chi connectivity index (χ2n) is 1.47. The number of aldehydes is 1. The van der Waals surface area contributed by atoms with Gasteiger partial charge in [0.15, 0.2) is 6.29 Å². The van der Waals surface area contributed by atoms with Crippen LogP contribution in [-0.2, 0) is 65.9 Å². The van der Waals surface area contributed by atoms with Crippen molar-refractivity contribution in [2.75, 3.05) is 0 Å². The maximum absolute atomic E-state index is 9.23. The van der Waals surface area contributed by atoms with Crippen LogP contribution in [0.25, 0.3) is 0 Å². The molecule has 1 saturated carbocycles. The van der Waals surface area contributed by atoms with Gasteiger partial charge in [-0.05, 0) is 44.9 Å². The van der Waals surface area contributed by atoms with Crippen LogP contribution in [0.15, 0.2) is 0 Å². The van der Waals surface area contributed by atoms with Crippen molar-refractivity contribution in [2.24, 2.45) is 0 Å². The molecule has 22 heavy (non-hydrogen) atoms. The van der Waals surface area contributed by atoms with Gasteiger partial charge in [-0.2, -0.15) is 0 Å². The van der Waals surface area contributed by atoms with Gasteiger partial charge in [-0.1, -0.05) is 5.92 Å². The molecule has 1 fully saturated rings. The third-order valence-electron chi connectivity index (χ3n) is 0.759. The molecule has 8 heteroatoms. The third kappa shape index (κ3) is 167. The standard InChI is InChI=1S/C5H5.C4H4O.5CO.Co.Mo/c1-2-4-5-3-1;1-2-3-4-5;5*1-2;;/h1-5H;4H,1H3;;;;;;;. The van der Waals surface area contributed by atoms with E-state index in [9.17, 15) is 4.79 Å². The fraction of sp³-hybridized carbons (Fsp3) is 0.0714. The van der Waals surface area contributed by atoms with E-state index in [2.05, 4.69) is 45.1 Å². The van der Waals surface area contributed by atoms with E-state index in [1.807, 2.05) is 32.1 Å². The minimum atomic E-state index is 0. The Hall–Kier alpha value is -0.875. The predicted molar refractivity (Wildman–Crippen MR) is 60.7 cm³/mol. The summed E-state index contributed by atoms with van der Waals surface area (Å²) >= 11 is 0. The van der Waals surface area contributed by atoms with Crippen molar-refractivity contribution in [1.82, 2.24) is 0 Å². The van der Waals surface area contributed by atoms with Gasteiger partial charge < -0.3 is 0 Å². The summed E-state index contributed by atoms with van der Waals surface area (Å²) in [6.07, 6.45) is 10.6. The molecule has 0 aliphatic heterocycles. The van der Waals surface area contributed by atoms with Crippen molar-refractivity contribution in [3.05, 3.63) is 65.4 Å². The largest absolute Gasteiger partial charge is 0.0312 e. The molecule has 1 aliphatic rings. The van der Waals surface area contributed by atoms with E-state index < -0.39 is 0 Å². The van der Waals surface area contributed by atoms with Crippen molar-refractivity contribution in [1.29, 1.82) is 0 Å². The predicted octanol–water partition coefficient (Wildman–Crippen LogP) is 1.04. The molecule has 6 radical (unpaired) electrons. The van der Waals surface area contributed by atoms with Crippen molar-refractivity contribution in [2.45, 2.75) is 6.92 Å². The molecule has 1 rings (SSSR count). The zero-order chi connectivity index (χ0) is 17.7. The van der Waals surface area contributed by atoms with Crippen LogP contribution in [-0.4, -0.2) is 6.29 Å². The van der Waals surface area contributed by atoms with E-state index in [0.717, 1.165) is 0 Å². The third-order valence-corrected chi connectivity index (χ3v) is 0.759. The van der Waals surface area contributed by atoms with Gasteiger partial charge in [0.05, 0.1) is 0 Å². The Kier molecular flexibility index (Phi) is 327. The molecule has 0 heterocycles. The van der Waals surface area contributed by atoms with Gasteiger partial charge >= 0.3 is 56.5 Å². The van der Waals surface area contributed by atoms with Crippen LogP contribution < -0.4 is 0 Å². The number of rotatable bonds is 0. The topological polar surface area (TPSA) is 117 Å². The molecule has 6 nitrogen and oxygen atoms in total. The summed E-state index contributed by atoms with van der Waals surface area (Å²) in [6, 6.07) is 0. The number of carbonyl (C=O) groups excluding carboxylic acids is 1. The van der Waals surface area contributed by atoms with E-state index in [0.29, 0.717) is 6.29 Å². The zero-order valence-corrected chi connectivity index (χ0v) is 14.2. The van der Waals surface area contributed by atoms with Gasteiger partial charge in [-0.15, -0.1) is 0 Å². The summed E-state index contributed by atoms with van der Waals surface area (Å²) in [5, 5.41) is 0. The first-order valence-electron chi connectivity index (χ1n) is 3.96. The SMILES string of the molecule is CC#CC=O.[C-]#[O+].[C-]#[O+].[C-]#[O+].[C-]#[O+].[C-]#[O+].[CH]1[CH][CH][CH][CH]1.[Co].[Mo]. The first-order valence-corrected chi connectivity index (χ1v) is 3.96. The summed E-state index contributed by atoms with van der Waals surface area (Å²) in [6.45, 7) is 24.1. The number of hydrogen-bond donors (Lipinski definition) is 0. The van der Waals surface area contributed by atoms with E-state index in [1.54, 1.807) is 6.92 Å². The van der Waals surface area contributed by atoms with E-state index in [-0.39, 0.29) is 37.8 Å². The van der Waals surface area contributed by atoms with Crippen LogP contribution >= 0.6 is 0 Å². The first kappa shape index (κ1) is 49.7. The average Bonchev–Trinajstić information content (AvgIpc) is 3.17. The average molecular weight is 428 g/mol. The molecule has 0 aromatic rings. The van der Waals surface area contributed by atoms with Gasteiger partial charge in [-0.25, -0.2) is 0 Å². The van der Waals surface area contributed by atoms with Crippen LogP contribution in [0.5, 0.6) is 0 Å². The maximum Gasteiger partial charge on any atom is 0 e. The minimum Gasteiger partial charge on any atom is -0.0312 e. The molecule has 0 spiro atoms. The summed E-state index contributed by atoms with van der Waals surface area (Å²) in [7, 11) is 0. The van der Waals surface area contributed by atoms with Gasteiger partial charge in [-0.3, -0.25) is 4.79 Å². The van der Waals surface area contributed by atoms with E-state index in [4.69, 9.17) is 23.3 Å². The molecular weight excluding hydrogens is 419 g/mol. The summed E-state index contributed by atoms with van der Waals surface area (Å²) in [4.78, 5) is 9.23. The Bertz CT molecular complexity index is 263. The van der Waals surface area contributed by atoms with Crippen LogP contribution in [0, 0.1) is 77.2 Å². The molecule has 0 bridgehead atoms. The van der Waals surface area contributed by atoms with Crippen LogP contribution in [0.4, 0.5) is 0 Å². The smallest absolute Gasteiger partial charge is 0 e. The minimum absolute atomic E-state index is 0. The molecule has 1 aliphatic carbocycles. The molecule has 0 unspecified atom stereocenters. The molecule has 0 saturated heterocycles. The van der Waals surface area contributed by atoms with Crippen molar-refractivity contribution in [3.8, 4) is 11.8 Å². The molecule has 0 aromatic carbocycles.